The number of carbonyl (C=O) groups excluding carboxylic acids is 2. The number of carbonyl (C=O) groups is 2. The molecule has 7 heteroatoms. The number of nitrogens with zero attached hydrogens (tertiary/aromatic N) is 1. The van der Waals surface area contributed by atoms with Gasteiger partial charge in [0.2, 0.25) is 0 Å². The van der Waals surface area contributed by atoms with E-state index < -0.39 is 0 Å². The molecule has 1 N–H and O–H groups in total. The Hall–Kier alpha value is -2.93. The van der Waals surface area contributed by atoms with Crippen molar-refractivity contribution in [2.24, 2.45) is 0 Å². The van der Waals surface area contributed by atoms with Crippen LogP contribution in [0.15, 0.2) is 53.4 Å². The Morgan fingerprint density at radius 1 is 1.04 bits per heavy atom. The third-order valence-electron chi connectivity index (χ3n) is 3.79. The van der Waals surface area contributed by atoms with Gasteiger partial charge in [-0.3, -0.25) is 14.5 Å². The molecule has 26 heavy (non-hydrogen) atoms. The summed E-state index contributed by atoms with van der Waals surface area (Å²) in [5.74, 6) is 0.842. The van der Waals surface area contributed by atoms with Gasteiger partial charge in [-0.05, 0) is 47.7 Å². The maximum atomic E-state index is 12.5. The number of amides is 2. The molecule has 3 rings (SSSR count). The van der Waals surface area contributed by atoms with Gasteiger partial charge in [0, 0.05) is 5.69 Å². The minimum atomic E-state index is -0.321. The number of anilines is 1. The Kier molecular flexibility index (Phi) is 5.48. The second-order valence-corrected chi connectivity index (χ2v) is 6.42. The summed E-state index contributed by atoms with van der Waals surface area (Å²) in [7, 11) is 3.10. The maximum Gasteiger partial charge on any atom is 0.295 e. The van der Waals surface area contributed by atoms with Crippen LogP contribution in [0.1, 0.15) is 5.56 Å². The fourth-order valence-corrected chi connectivity index (χ4v) is 3.29. The van der Waals surface area contributed by atoms with E-state index in [1.54, 1.807) is 38.5 Å². The lowest BCUT2D eigenvalue weighted by molar-refractivity contribution is -0.122. The SMILES string of the molecule is COc1ccc(/C=C2/SC(=O)N(CNc3ccccc3)C2=O)cc1OC. The molecule has 1 fully saturated rings. The number of para-hydroxylation sites is 1. The number of hydrogen-bond acceptors (Lipinski definition) is 6. The lowest BCUT2D eigenvalue weighted by atomic mass is 10.2. The fraction of sp³-hybridized carbons (Fsp3) is 0.158. The van der Waals surface area contributed by atoms with E-state index in [2.05, 4.69) is 5.32 Å². The van der Waals surface area contributed by atoms with Crippen molar-refractivity contribution in [3.8, 4) is 11.5 Å². The van der Waals surface area contributed by atoms with E-state index in [9.17, 15) is 9.59 Å². The number of thioether (sulfide) groups is 1. The number of benzene rings is 2. The Bertz CT molecular complexity index is 852. The summed E-state index contributed by atoms with van der Waals surface area (Å²) in [4.78, 5) is 26.3. The first-order valence-electron chi connectivity index (χ1n) is 7.88. The zero-order chi connectivity index (χ0) is 18.5. The van der Waals surface area contributed by atoms with Gasteiger partial charge in [0.1, 0.15) is 0 Å². The lowest BCUT2D eigenvalue weighted by Gasteiger charge is -2.14. The average molecular weight is 370 g/mol. The van der Waals surface area contributed by atoms with Gasteiger partial charge in [-0.25, -0.2) is 0 Å². The highest BCUT2D eigenvalue weighted by molar-refractivity contribution is 8.18. The lowest BCUT2D eigenvalue weighted by Crippen LogP contribution is -2.33. The van der Waals surface area contributed by atoms with Gasteiger partial charge in [-0.1, -0.05) is 24.3 Å². The molecule has 0 radical (unpaired) electrons. The molecule has 0 atom stereocenters. The quantitative estimate of drug-likeness (QED) is 0.780. The Morgan fingerprint density at radius 3 is 2.46 bits per heavy atom. The van der Waals surface area contributed by atoms with E-state index in [4.69, 9.17) is 9.47 Å². The van der Waals surface area contributed by atoms with Crippen LogP contribution in [0.3, 0.4) is 0 Å². The third kappa shape index (κ3) is 3.83. The van der Waals surface area contributed by atoms with Crippen molar-refractivity contribution in [1.29, 1.82) is 0 Å². The van der Waals surface area contributed by atoms with Crippen molar-refractivity contribution in [2.75, 3.05) is 26.2 Å². The van der Waals surface area contributed by atoms with E-state index >= 15 is 0 Å². The van der Waals surface area contributed by atoms with Crippen LogP contribution in [0.2, 0.25) is 0 Å². The van der Waals surface area contributed by atoms with Crippen molar-refractivity contribution < 1.29 is 19.1 Å². The van der Waals surface area contributed by atoms with Gasteiger partial charge in [0.25, 0.3) is 11.1 Å². The molecule has 0 spiro atoms. The molecule has 6 nitrogen and oxygen atoms in total. The molecular weight excluding hydrogens is 352 g/mol. The Balaban J connectivity index is 1.74. The number of rotatable bonds is 6. The van der Waals surface area contributed by atoms with E-state index in [0.717, 1.165) is 23.0 Å². The van der Waals surface area contributed by atoms with Crippen LogP contribution >= 0.6 is 11.8 Å². The summed E-state index contributed by atoms with van der Waals surface area (Å²) in [6.07, 6.45) is 1.68. The van der Waals surface area contributed by atoms with Crippen LogP contribution in [0.4, 0.5) is 10.5 Å². The molecular formula is C19H18N2O4S. The van der Waals surface area contributed by atoms with Gasteiger partial charge < -0.3 is 14.8 Å². The minimum absolute atomic E-state index is 0.123. The normalized spacial score (nSPS) is 15.5. The molecule has 0 bridgehead atoms. The highest BCUT2D eigenvalue weighted by Crippen LogP contribution is 2.34. The van der Waals surface area contributed by atoms with Gasteiger partial charge in [0.05, 0.1) is 25.8 Å². The summed E-state index contributed by atoms with van der Waals surface area (Å²) in [6.45, 7) is 0.123. The number of methoxy groups -OCH3 is 2. The van der Waals surface area contributed by atoms with Gasteiger partial charge in [-0.2, -0.15) is 0 Å². The van der Waals surface area contributed by atoms with E-state index in [-0.39, 0.29) is 17.8 Å². The van der Waals surface area contributed by atoms with E-state index in [1.807, 2.05) is 30.3 Å². The highest BCUT2D eigenvalue weighted by atomic mass is 32.2. The highest BCUT2D eigenvalue weighted by Gasteiger charge is 2.34. The van der Waals surface area contributed by atoms with Crippen molar-refractivity contribution in [3.63, 3.8) is 0 Å². The molecule has 0 aliphatic carbocycles. The van der Waals surface area contributed by atoms with Crippen LogP contribution in [-0.4, -0.2) is 36.9 Å². The summed E-state index contributed by atoms with van der Waals surface area (Å²) < 4.78 is 10.5. The largest absolute Gasteiger partial charge is 0.493 e. The first kappa shape index (κ1) is 17.9. The van der Waals surface area contributed by atoms with Crippen LogP contribution in [0, 0.1) is 0 Å². The molecule has 2 aromatic carbocycles. The summed E-state index contributed by atoms with van der Waals surface area (Å²) in [5.41, 5.74) is 1.60. The average Bonchev–Trinajstić information content (AvgIpc) is 2.93. The van der Waals surface area contributed by atoms with Gasteiger partial charge >= 0.3 is 0 Å². The van der Waals surface area contributed by atoms with Crippen LogP contribution in [0.5, 0.6) is 11.5 Å². The second kappa shape index (κ2) is 7.97. The standard InChI is InChI=1S/C19H18N2O4S/c1-24-15-9-8-13(10-16(15)25-2)11-17-18(22)21(19(23)26-17)12-20-14-6-4-3-5-7-14/h3-11,20H,12H2,1-2H3/b17-11+. The molecule has 0 saturated carbocycles. The maximum absolute atomic E-state index is 12.5. The monoisotopic (exact) mass is 370 g/mol. The molecule has 1 heterocycles. The van der Waals surface area contributed by atoms with Gasteiger partial charge in [0.15, 0.2) is 11.5 Å². The predicted octanol–water partition coefficient (Wildman–Crippen LogP) is 3.81. The molecule has 0 unspecified atom stereocenters. The number of ether oxygens (including phenoxy) is 2. The van der Waals surface area contributed by atoms with Crippen LogP contribution in [0.25, 0.3) is 6.08 Å². The molecule has 0 aromatic heterocycles. The Morgan fingerprint density at radius 2 is 1.77 bits per heavy atom. The molecule has 1 saturated heterocycles. The molecule has 134 valence electrons. The smallest absolute Gasteiger partial charge is 0.295 e. The van der Waals surface area contributed by atoms with Crippen molar-refractivity contribution in [3.05, 3.63) is 59.0 Å². The molecule has 2 aromatic rings. The summed E-state index contributed by atoms with van der Waals surface area (Å²) >= 11 is 0.922. The number of hydrogen-bond donors (Lipinski definition) is 1. The first-order valence-corrected chi connectivity index (χ1v) is 8.70. The topological polar surface area (TPSA) is 67.9 Å². The third-order valence-corrected chi connectivity index (χ3v) is 4.70. The fourth-order valence-electron chi connectivity index (χ4n) is 2.46. The second-order valence-electron chi connectivity index (χ2n) is 5.43. The van der Waals surface area contributed by atoms with Gasteiger partial charge in [-0.15, -0.1) is 0 Å². The molecule has 1 aliphatic rings. The number of imide groups is 1. The predicted molar refractivity (Wildman–Crippen MR) is 102 cm³/mol. The molecule has 2 amide bonds. The van der Waals surface area contributed by atoms with Crippen LogP contribution < -0.4 is 14.8 Å². The van der Waals surface area contributed by atoms with Crippen molar-refractivity contribution >= 4 is 34.7 Å². The zero-order valence-corrected chi connectivity index (χ0v) is 15.2. The number of nitrogens with one attached hydrogen (secondary N) is 1. The van der Waals surface area contributed by atoms with Crippen LogP contribution in [-0.2, 0) is 4.79 Å². The van der Waals surface area contributed by atoms with E-state index in [1.165, 1.54) is 4.90 Å². The van der Waals surface area contributed by atoms with Crippen molar-refractivity contribution in [1.82, 2.24) is 4.90 Å². The minimum Gasteiger partial charge on any atom is -0.493 e. The summed E-state index contributed by atoms with van der Waals surface area (Å²) in [6, 6.07) is 14.7. The zero-order valence-electron chi connectivity index (χ0n) is 14.4. The summed E-state index contributed by atoms with van der Waals surface area (Å²) in [5, 5.41) is 2.77. The Labute approximate surface area is 155 Å². The first-order chi connectivity index (χ1) is 12.6. The van der Waals surface area contributed by atoms with E-state index in [0.29, 0.717) is 16.4 Å². The molecule has 1 aliphatic heterocycles. The van der Waals surface area contributed by atoms with Crippen molar-refractivity contribution in [2.45, 2.75) is 0 Å².